The summed E-state index contributed by atoms with van der Waals surface area (Å²) in [6, 6.07) is 10.4. The molecule has 2 rings (SSSR count). The van der Waals surface area contributed by atoms with Gasteiger partial charge in [0.2, 0.25) is 0 Å². The lowest BCUT2D eigenvalue weighted by Crippen LogP contribution is -2.01. The molecule has 0 aliphatic heterocycles. The van der Waals surface area contributed by atoms with E-state index in [1.807, 2.05) is 25.1 Å². The van der Waals surface area contributed by atoms with Gasteiger partial charge in [-0.05, 0) is 53.2 Å². The second-order valence-electron chi connectivity index (χ2n) is 3.69. The van der Waals surface area contributed by atoms with Crippen LogP contribution in [-0.2, 0) is 0 Å². The van der Waals surface area contributed by atoms with Crippen LogP contribution >= 0.6 is 15.9 Å². The first-order valence-electron chi connectivity index (χ1n) is 5.62. The second-order valence-corrected chi connectivity index (χ2v) is 4.55. The van der Waals surface area contributed by atoms with E-state index in [4.69, 9.17) is 0 Å². The largest absolute Gasteiger partial charge is 0.370 e. The summed E-state index contributed by atoms with van der Waals surface area (Å²) in [5.74, 6) is 1.24. The van der Waals surface area contributed by atoms with Gasteiger partial charge in [0.05, 0.1) is 4.47 Å². The summed E-state index contributed by atoms with van der Waals surface area (Å²) >= 11 is 3.15. The molecule has 94 valence electrons. The van der Waals surface area contributed by atoms with Crippen molar-refractivity contribution in [3.63, 3.8) is 0 Å². The van der Waals surface area contributed by atoms with Crippen molar-refractivity contribution < 1.29 is 4.39 Å². The minimum atomic E-state index is -0.282. The van der Waals surface area contributed by atoms with E-state index in [1.54, 1.807) is 12.1 Å². The molecule has 1 aromatic carbocycles. The van der Waals surface area contributed by atoms with E-state index in [0.29, 0.717) is 10.3 Å². The van der Waals surface area contributed by atoms with Crippen molar-refractivity contribution in [2.75, 3.05) is 17.2 Å². The highest BCUT2D eigenvalue weighted by molar-refractivity contribution is 9.10. The van der Waals surface area contributed by atoms with Crippen LogP contribution < -0.4 is 10.6 Å². The van der Waals surface area contributed by atoms with Crippen molar-refractivity contribution in [3.05, 3.63) is 46.7 Å². The van der Waals surface area contributed by atoms with Crippen LogP contribution in [0, 0.1) is 5.82 Å². The number of pyridine rings is 1. The molecule has 0 atom stereocenters. The number of anilines is 3. The van der Waals surface area contributed by atoms with E-state index >= 15 is 0 Å². The molecule has 1 aromatic heterocycles. The van der Waals surface area contributed by atoms with E-state index in [0.717, 1.165) is 18.1 Å². The van der Waals surface area contributed by atoms with Crippen LogP contribution in [0.1, 0.15) is 6.92 Å². The molecule has 2 aromatic rings. The van der Waals surface area contributed by atoms with Gasteiger partial charge in [-0.25, -0.2) is 9.37 Å². The van der Waals surface area contributed by atoms with Crippen LogP contribution in [-0.4, -0.2) is 11.5 Å². The summed E-state index contributed by atoms with van der Waals surface area (Å²) in [7, 11) is 0. The fourth-order valence-electron chi connectivity index (χ4n) is 1.51. The fraction of sp³-hybridized carbons (Fsp3) is 0.154. The molecular weight excluding hydrogens is 297 g/mol. The summed E-state index contributed by atoms with van der Waals surface area (Å²) in [6.07, 6.45) is 0. The molecule has 0 unspecified atom stereocenters. The van der Waals surface area contributed by atoms with E-state index in [1.165, 1.54) is 6.07 Å². The van der Waals surface area contributed by atoms with E-state index in [9.17, 15) is 4.39 Å². The zero-order chi connectivity index (χ0) is 13.0. The number of halogens is 2. The highest BCUT2D eigenvalue weighted by Crippen LogP contribution is 2.22. The normalized spacial score (nSPS) is 10.2. The van der Waals surface area contributed by atoms with Gasteiger partial charge in [-0.1, -0.05) is 6.07 Å². The maximum absolute atomic E-state index is 13.1. The van der Waals surface area contributed by atoms with Gasteiger partial charge in [-0.3, -0.25) is 0 Å². The minimum Gasteiger partial charge on any atom is -0.370 e. The highest BCUT2D eigenvalue weighted by atomic mass is 79.9. The Morgan fingerprint density at radius 3 is 2.72 bits per heavy atom. The number of benzene rings is 1. The van der Waals surface area contributed by atoms with Crippen molar-refractivity contribution in [1.82, 2.24) is 4.98 Å². The number of aromatic nitrogens is 1. The Morgan fingerprint density at radius 2 is 2.00 bits per heavy atom. The first kappa shape index (κ1) is 12.8. The van der Waals surface area contributed by atoms with Crippen molar-refractivity contribution in [2.45, 2.75) is 6.92 Å². The molecule has 0 aliphatic carbocycles. The zero-order valence-corrected chi connectivity index (χ0v) is 11.5. The Balaban J connectivity index is 2.17. The maximum atomic E-state index is 13.1. The smallest absolute Gasteiger partial charge is 0.137 e. The van der Waals surface area contributed by atoms with Gasteiger partial charge in [-0.15, -0.1) is 0 Å². The third kappa shape index (κ3) is 3.20. The Hall–Kier alpha value is -1.62. The van der Waals surface area contributed by atoms with Crippen molar-refractivity contribution in [1.29, 1.82) is 0 Å². The monoisotopic (exact) mass is 309 g/mol. The molecule has 0 amide bonds. The third-order valence-electron chi connectivity index (χ3n) is 2.30. The maximum Gasteiger partial charge on any atom is 0.137 e. The predicted molar refractivity (Wildman–Crippen MR) is 75.8 cm³/mol. The minimum absolute atomic E-state index is 0.282. The van der Waals surface area contributed by atoms with Gasteiger partial charge in [0.15, 0.2) is 0 Å². The molecule has 1 heterocycles. The molecule has 18 heavy (non-hydrogen) atoms. The third-order valence-corrected chi connectivity index (χ3v) is 2.91. The lowest BCUT2D eigenvalue weighted by atomic mass is 10.3. The van der Waals surface area contributed by atoms with Crippen LogP contribution in [0.3, 0.4) is 0 Å². The average Bonchev–Trinajstić information content (AvgIpc) is 2.35. The fourth-order valence-corrected chi connectivity index (χ4v) is 1.88. The van der Waals surface area contributed by atoms with Crippen LogP contribution in [0.2, 0.25) is 0 Å². The first-order valence-corrected chi connectivity index (χ1v) is 6.41. The average molecular weight is 310 g/mol. The molecule has 0 saturated carbocycles. The number of nitrogens with one attached hydrogen (secondary N) is 2. The first-order chi connectivity index (χ1) is 8.69. The summed E-state index contributed by atoms with van der Waals surface area (Å²) in [6.45, 7) is 2.83. The van der Waals surface area contributed by atoms with Crippen LogP contribution in [0.4, 0.5) is 21.7 Å². The zero-order valence-electron chi connectivity index (χ0n) is 9.87. The van der Waals surface area contributed by atoms with Crippen LogP contribution in [0.5, 0.6) is 0 Å². The van der Waals surface area contributed by atoms with Crippen molar-refractivity contribution in [2.24, 2.45) is 0 Å². The SMILES string of the molecule is CCNc1cccc(Nc2ccc(F)c(Br)c2)n1. The molecule has 0 aliphatic rings. The number of hydrogen-bond acceptors (Lipinski definition) is 3. The predicted octanol–water partition coefficient (Wildman–Crippen LogP) is 4.16. The Morgan fingerprint density at radius 1 is 1.22 bits per heavy atom. The Labute approximate surface area is 114 Å². The molecule has 5 heteroatoms. The molecular formula is C13H13BrFN3. The number of hydrogen-bond donors (Lipinski definition) is 2. The molecule has 2 N–H and O–H groups in total. The van der Waals surface area contributed by atoms with Gasteiger partial charge >= 0.3 is 0 Å². The summed E-state index contributed by atoms with van der Waals surface area (Å²) in [5, 5.41) is 6.26. The summed E-state index contributed by atoms with van der Waals surface area (Å²) in [5.41, 5.74) is 0.782. The quantitative estimate of drug-likeness (QED) is 0.890. The number of rotatable bonds is 4. The molecule has 0 saturated heterocycles. The molecule has 0 spiro atoms. The van der Waals surface area contributed by atoms with E-state index in [-0.39, 0.29) is 5.82 Å². The summed E-state index contributed by atoms with van der Waals surface area (Å²) in [4.78, 5) is 4.38. The van der Waals surface area contributed by atoms with E-state index in [2.05, 4.69) is 31.5 Å². The van der Waals surface area contributed by atoms with Crippen LogP contribution in [0.15, 0.2) is 40.9 Å². The Kier molecular flexibility index (Phi) is 4.15. The lowest BCUT2D eigenvalue weighted by molar-refractivity contribution is 0.621. The molecule has 0 fully saturated rings. The highest BCUT2D eigenvalue weighted by Gasteiger charge is 2.02. The Bertz CT molecular complexity index is 546. The standard InChI is InChI=1S/C13H13BrFN3/c1-2-16-12-4-3-5-13(18-12)17-9-6-7-11(15)10(14)8-9/h3-8H,2H2,1H3,(H2,16,17,18). The van der Waals surface area contributed by atoms with Crippen molar-refractivity contribution in [3.8, 4) is 0 Å². The lowest BCUT2D eigenvalue weighted by Gasteiger charge is -2.08. The van der Waals surface area contributed by atoms with Crippen LogP contribution in [0.25, 0.3) is 0 Å². The van der Waals surface area contributed by atoms with Crippen molar-refractivity contribution >= 4 is 33.3 Å². The molecule has 0 bridgehead atoms. The topological polar surface area (TPSA) is 37.0 Å². The molecule has 3 nitrogen and oxygen atoms in total. The van der Waals surface area contributed by atoms with Gasteiger partial charge in [0.1, 0.15) is 17.5 Å². The second kappa shape index (κ2) is 5.82. The van der Waals surface area contributed by atoms with Gasteiger partial charge in [0.25, 0.3) is 0 Å². The summed E-state index contributed by atoms with van der Waals surface area (Å²) < 4.78 is 13.5. The molecule has 0 radical (unpaired) electrons. The van der Waals surface area contributed by atoms with Gasteiger partial charge < -0.3 is 10.6 Å². The van der Waals surface area contributed by atoms with Gasteiger partial charge in [-0.2, -0.15) is 0 Å². The van der Waals surface area contributed by atoms with Gasteiger partial charge in [0, 0.05) is 12.2 Å². The van der Waals surface area contributed by atoms with E-state index < -0.39 is 0 Å². The number of nitrogens with zero attached hydrogens (tertiary/aromatic N) is 1.